The fourth-order valence-electron chi connectivity index (χ4n) is 3.48. The largest absolute Gasteiger partial charge is 0.493 e. The molecular weight excluding hydrogens is 372 g/mol. The summed E-state index contributed by atoms with van der Waals surface area (Å²) in [7, 11) is 3.08. The molecular formula is C22H28N2O5. The van der Waals surface area contributed by atoms with Gasteiger partial charge in [0.15, 0.2) is 17.6 Å². The normalized spacial score (nSPS) is 16.1. The lowest BCUT2D eigenvalue weighted by Gasteiger charge is -2.39. The van der Waals surface area contributed by atoms with Crippen molar-refractivity contribution < 1.29 is 23.8 Å². The number of hydrogen-bond donors (Lipinski definition) is 0. The molecule has 0 bridgehead atoms. The van der Waals surface area contributed by atoms with Gasteiger partial charge in [-0.05, 0) is 38.0 Å². The van der Waals surface area contributed by atoms with E-state index in [0.717, 1.165) is 19.3 Å². The third-order valence-electron chi connectivity index (χ3n) is 5.25. The molecule has 7 heteroatoms. The van der Waals surface area contributed by atoms with Gasteiger partial charge in [-0.1, -0.05) is 31.9 Å². The Balaban J connectivity index is 2.08. The molecule has 0 N–H and O–H groups in total. The van der Waals surface area contributed by atoms with Crippen LogP contribution in [0.5, 0.6) is 11.5 Å². The maximum Gasteiger partial charge on any atom is 0.339 e. The van der Waals surface area contributed by atoms with E-state index in [0.29, 0.717) is 30.9 Å². The fraction of sp³-hybridized carbons (Fsp3) is 0.500. The molecule has 29 heavy (non-hydrogen) atoms. The first kappa shape index (κ1) is 22.3. The number of hydrogen-bond acceptors (Lipinski definition) is 6. The molecule has 2 rings (SSSR count). The van der Waals surface area contributed by atoms with Crippen molar-refractivity contribution in [3.8, 4) is 17.6 Å². The lowest BCUT2D eigenvalue weighted by molar-refractivity contribution is -0.143. The number of esters is 1. The molecule has 156 valence electrons. The molecule has 1 amide bonds. The van der Waals surface area contributed by atoms with E-state index in [4.69, 9.17) is 14.2 Å². The summed E-state index contributed by atoms with van der Waals surface area (Å²) in [5.41, 5.74) is -0.591. The van der Waals surface area contributed by atoms with E-state index in [-0.39, 0.29) is 11.5 Å². The monoisotopic (exact) mass is 400 g/mol. The zero-order valence-corrected chi connectivity index (χ0v) is 17.3. The predicted molar refractivity (Wildman–Crippen MR) is 108 cm³/mol. The molecule has 1 aromatic rings. The minimum atomic E-state index is -1.01. The molecule has 0 unspecified atom stereocenters. The number of carbonyl (C=O) groups excluding carboxylic acids is 2. The maximum absolute atomic E-state index is 12.8. The molecule has 1 aliphatic carbocycles. The Kier molecular flexibility index (Phi) is 7.66. The minimum absolute atomic E-state index is 0.239. The molecule has 1 saturated carbocycles. The molecule has 0 saturated heterocycles. The molecule has 0 heterocycles. The van der Waals surface area contributed by atoms with E-state index in [1.54, 1.807) is 25.3 Å². The topological polar surface area (TPSA) is 88.9 Å². The van der Waals surface area contributed by atoms with Crippen molar-refractivity contribution in [1.82, 2.24) is 4.90 Å². The summed E-state index contributed by atoms with van der Waals surface area (Å²) in [6, 6.07) is 6.95. The van der Waals surface area contributed by atoms with Gasteiger partial charge < -0.3 is 19.1 Å². The van der Waals surface area contributed by atoms with Crippen molar-refractivity contribution in [2.75, 3.05) is 20.8 Å². The SMILES string of the molecule is C=CCOc1ccc(C(=O)O[C@H](C)C(=O)N(C)C2(C#N)CCCCC2)cc1OC. The first-order chi connectivity index (χ1) is 13.9. The lowest BCUT2D eigenvalue weighted by atomic mass is 9.81. The van der Waals surface area contributed by atoms with Gasteiger partial charge in [0.2, 0.25) is 0 Å². The molecule has 1 aliphatic rings. The van der Waals surface area contributed by atoms with Crippen LogP contribution in [-0.4, -0.2) is 49.2 Å². The summed E-state index contributed by atoms with van der Waals surface area (Å²) in [6.45, 7) is 5.41. The first-order valence-corrected chi connectivity index (χ1v) is 9.70. The van der Waals surface area contributed by atoms with Crippen molar-refractivity contribution in [2.24, 2.45) is 0 Å². The number of methoxy groups -OCH3 is 1. The highest BCUT2D eigenvalue weighted by atomic mass is 16.5. The summed E-state index contributed by atoms with van der Waals surface area (Å²) in [6.07, 6.45) is 4.72. The number of rotatable bonds is 8. The van der Waals surface area contributed by atoms with Gasteiger partial charge in [-0.25, -0.2) is 4.79 Å². The Morgan fingerprint density at radius 3 is 2.59 bits per heavy atom. The zero-order valence-electron chi connectivity index (χ0n) is 17.3. The second kappa shape index (κ2) is 9.97. The molecule has 1 fully saturated rings. The van der Waals surface area contributed by atoms with Gasteiger partial charge in [0.1, 0.15) is 12.1 Å². The quantitative estimate of drug-likeness (QED) is 0.490. The van der Waals surface area contributed by atoms with E-state index in [1.165, 1.54) is 25.0 Å². The molecule has 7 nitrogen and oxygen atoms in total. The second-order valence-electron chi connectivity index (χ2n) is 7.11. The number of carbonyl (C=O) groups is 2. The van der Waals surface area contributed by atoms with Gasteiger partial charge in [-0.2, -0.15) is 5.26 Å². The number of likely N-dealkylation sites (N-methyl/N-ethyl adjacent to an activating group) is 1. The zero-order chi connectivity index (χ0) is 21.4. The van der Waals surface area contributed by atoms with Gasteiger partial charge in [0.05, 0.1) is 18.7 Å². The van der Waals surface area contributed by atoms with Crippen LogP contribution < -0.4 is 9.47 Å². The van der Waals surface area contributed by atoms with Gasteiger partial charge in [-0.15, -0.1) is 0 Å². The number of nitriles is 1. The van der Waals surface area contributed by atoms with Crippen molar-refractivity contribution >= 4 is 11.9 Å². The second-order valence-corrected chi connectivity index (χ2v) is 7.11. The Bertz CT molecular complexity index is 793. The number of nitrogens with zero attached hydrogens (tertiary/aromatic N) is 2. The molecule has 0 aromatic heterocycles. The molecule has 1 atom stereocenters. The van der Waals surface area contributed by atoms with Crippen LogP contribution in [0.2, 0.25) is 0 Å². The van der Waals surface area contributed by atoms with Gasteiger partial charge in [0, 0.05) is 7.05 Å². The average molecular weight is 400 g/mol. The Morgan fingerprint density at radius 2 is 2.00 bits per heavy atom. The van der Waals surface area contributed by atoms with E-state index >= 15 is 0 Å². The van der Waals surface area contributed by atoms with Crippen LogP contribution in [-0.2, 0) is 9.53 Å². The highest BCUT2D eigenvalue weighted by molar-refractivity contribution is 5.93. The number of benzene rings is 1. The summed E-state index contributed by atoms with van der Waals surface area (Å²) in [5, 5.41) is 9.66. The highest BCUT2D eigenvalue weighted by Crippen LogP contribution is 2.33. The van der Waals surface area contributed by atoms with Gasteiger partial charge >= 0.3 is 5.97 Å². The number of ether oxygens (including phenoxy) is 3. The Morgan fingerprint density at radius 1 is 1.31 bits per heavy atom. The predicted octanol–water partition coefficient (Wildman–Crippen LogP) is 3.49. The van der Waals surface area contributed by atoms with E-state index in [1.807, 2.05) is 0 Å². The third kappa shape index (κ3) is 5.08. The average Bonchev–Trinajstić information content (AvgIpc) is 2.76. The van der Waals surface area contributed by atoms with Crippen LogP contribution in [0.3, 0.4) is 0 Å². The minimum Gasteiger partial charge on any atom is -0.493 e. The smallest absolute Gasteiger partial charge is 0.339 e. The van der Waals surface area contributed by atoms with Gasteiger partial charge in [-0.3, -0.25) is 4.79 Å². The van der Waals surface area contributed by atoms with Crippen LogP contribution in [0.25, 0.3) is 0 Å². The van der Waals surface area contributed by atoms with Crippen molar-refractivity contribution in [3.05, 3.63) is 36.4 Å². The van der Waals surface area contributed by atoms with E-state index in [2.05, 4.69) is 12.6 Å². The summed E-state index contributed by atoms with van der Waals surface area (Å²) < 4.78 is 16.1. The summed E-state index contributed by atoms with van der Waals surface area (Å²) in [5.74, 6) is -0.189. The highest BCUT2D eigenvalue weighted by Gasteiger charge is 2.40. The van der Waals surface area contributed by atoms with Crippen LogP contribution in [0.15, 0.2) is 30.9 Å². The van der Waals surface area contributed by atoms with Crippen molar-refractivity contribution in [3.63, 3.8) is 0 Å². The molecule has 1 aromatic carbocycles. The van der Waals surface area contributed by atoms with Crippen LogP contribution in [0.4, 0.5) is 0 Å². The van der Waals surface area contributed by atoms with Gasteiger partial charge in [0.25, 0.3) is 5.91 Å². The molecule has 0 aliphatic heterocycles. The molecule has 0 radical (unpaired) electrons. The van der Waals surface area contributed by atoms with E-state index < -0.39 is 17.6 Å². The summed E-state index contributed by atoms with van der Waals surface area (Å²) in [4.78, 5) is 26.8. The van der Waals surface area contributed by atoms with Crippen LogP contribution in [0, 0.1) is 11.3 Å². The van der Waals surface area contributed by atoms with Crippen molar-refractivity contribution in [1.29, 1.82) is 5.26 Å². The first-order valence-electron chi connectivity index (χ1n) is 9.70. The van der Waals surface area contributed by atoms with Crippen molar-refractivity contribution in [2.45, 2.75) is 50.7 Å². The Hall–Kier alpha value is -3.01. The fourth-order valence-corrected chi connectivity index (χ4v) is 3.48. The maximum atomic E-state index is 12.8. The summed E-state index contributed by atoms with van der Waals surface area (Å²) >= 11 is 0. The lowest BCUT2D eigenvalue weighted by Crippen LogP contribution is -2.53. The van der Waals surface area contributed by atoms with Crippen LogP contribution >= 0.6 is 0 Å². The Labute approximate surface area is 171 Å². The number of amides is 1. The third-order valence-corrected chi connectivity index (χ3v) is 5.25. The molecule has 0 spiro atoms. The standard InChI is InChI=1S/C22H28N2O5/c1-5-13-28-18-10-9-17(14-19(18)27-4)21(26)29-16(2)20(25)24(3)22(15-23)11-7-6-8-12-22/h5,9-10,14,16H,1,6-8,11-13H2,2-4H3/t16-/m1/s1. The van der Waals surface area contributed by atoms with E-state index in [9.17, 15) is 14.9 Å². The van der Waals surface area contributed by atoms with Crippen LogP contribution in [0.1, 0.15) is 49.4 Å².